The van der Waals surface area contributed by atoms with Crippen molar-refractivity contribution in [1.82, 2.24) is 15.0 Å². The van der Waals surface area contributed by atoms with Crippen LogP contribution in [0.4, 0.5) is 0 Å². The second kappa shape index (κ2) is 15.4. The van der Waals surface area contributed by atoms with Crippen molar-refractivity contribution in [2.75, 3.05) is 0 Å². The van der Waals surface area contributed by atoms with E-state index in [9.17, 15) is 0 Å². The van der Waals surface area contributed by atoms with Gasteiger partial charge in [-0.2, -0.15) is 0 Å². The third kappa shape index (κ3) is 8.86. The van der Waals surface area contributed by atoms with E-state index in [0.29, 0.717) is 22.6 Å². The van der Waals surface area contributed by atoms with E-state index in [2.05, 4.69) is 46.7 Å². The number of aromatic nitrogens is 3. The summed E-state index contributed by atoms with van der Waals surface area (Å²) in [6, 6.07) is 33.4. The van der Waals surface area contributed by atoms with Crippen molar-refractivity contribution in [3.05, 3.63) is 132 Å². The van der Waals surface area contributed by atoms with Crippen LogP contribution in [0.3, 0.4) is 0 Å². The number of benzene rings is 3. The first-order valence-electron chi connectivity index (χ1n) is 22.4. The average molecular weight is 891 g/mol. The zero-order chi connectivity index (χ0) is 45.8. The minimum Gasteiger partial charge on any atom is -0.486 e. The van der Waals surface area contributed by atoms with E-state index in [1.54, 1.807) is 6.07 Å². The fourth-order valence-electron chi connectivity index (χ4n) is 5.89. The summed E-state index contributed by atoms with van der Waals surface area (Å²) in [6.45, 7) is 4.31. The molecule has 0 N–H and O–H groups in total. The molecule has 7 rings (SSSR count). The van der Waals surface area contributed by atoms with Crippen LogP contribution in [0.15, 0.2) is 108 Å². The van der Waals surface area contributed by atoms with Crippen LogP contribution in [0.2, 0.25) is 19.6 Å². The Labute approximate surface area is 340 Å². The third-order valence-corrected chi connectivity index (χ3v) is 10.3. The van der Waals surface area contributed by atoms with Crippen LogP contribution in [0.1, 0.15) is 73.1 Å². The smallest absolute Gasteiger partial charge is 0.216 e. The van der Waals surface area contributed by atoms with Crippen molar-refractivity contribution in [2.45, 2.75) is 79.7 Å². The molecule has 0 unspecified atom stereocenters. The summed E-state index contributed by atoms with van der Waals surface area (Å²) in [6.07, 6.45) is 1.67. The summed E-state index contributed by atoms with van der Waals surface area (Å²) >= 11 is 0. The van der Waals surface area contributed by atoms with E-state index in [-0.39, 0.29) is 25.8 Å². The topological polar surface area (TPSA) is 51.8 Å². The summed E-state index contributed by atoms with van der Waals surface area (Å²) in [7, 11) is -1.70. The van der Waals surface area contributed by atoms with Crippen molar-refractivity contribution in [2.24, 2.45) is 5.41 Å². The van der Waals surface area contributed by atoms with Crippen molar-refractivity contribution < 1.29 is 39.6 Å². The van der Waals surface area contributed by atoms with Crippen molar-refractivity contribution in [3.8, 4) is 33.8 Å². The van der Waals surface area contributed by atoms with E-state index in [0.717, 1.165) is 50.0 Å². The Kier molecular flexibility index (Phi) is 7.86. The van der Waals surface area contributed by atoms with Gasteiger partial charge in [-0.3, -0.25) is 0 Å². The van der Waals surface area contributed by atoms with Gasteiger partial charge in [0.25, 0.3) is 0 Å². The zero-order valence-electron chi connectivity index (χ0n) is 41.4. The van der Waals surface area contributed by atoms with Crippen LogP contribution >= 0.6 is 0 Å². The van der Waals surface area contributed by atoms with Crippen molar-refractivity contribution >= 4 is 35.3 Å². The zero-order valence-corrected chi connectivity index (χ0v) is 33.8. The van der Waals surface area contributed by atoms with Gasteiger partial charge in [-0.05, 0) is 57.5 Å². The molecule has 0 aliphatic rings. The maximum Gasteiger partial charge on any atom is 0.216 e. The molecule has 0 bridgehead atoms. The monoisotopic (exact) mass is 891 g/mol. The minimum atomic E-state index is -3.38. The summed E-state index contributed by atoms with van der Waals surface area (Å²) < 4.78 is 96.1. The van der Waals surface area contributed by atoms with Crippen LogP contribution in [0, 0.1) is 24.5 Å². The molecule has 0 fully saturated rings. The Bertz CT molecular complexity index is 2680. The Hall–Kier alpha value is -4.22. The number of fused-ring (bicyclic) bond motifs is 3. The number of rotatable bonds is 5. The predicted molar refractivity (Wildman–Crippen MR) is 217 cm³/mol. The number of hydrogen-bond donors (Lipinski definition) is 0. The van der Waals surface area contributed by atoms with E-state index >= 15 is 0 Å². The Morgan fingerprint density at radius 2 is 1.60 bits per heavy atom. The summed E-state index contributed by atoms with van der Waals surface area (Å²) in [4.78, 5) is 13.6. The van der Waals surface area contributed by atoms with Crippen LogP contribution < -0.4 is 5.19 Å². The normalized spacial score (nSPS) is 16.1. The fourth-order valence-corrected chi connectivity index (χ4v) is 7.28. The second-order valence-electron chi connectivity index (χ2n) is 14.8. The minimum absolute atomic E-state index is 0. The first-order valence-corrected chi connectivity index (χ1v) is 20.4. The van der Waals surface area contributed by atoms with Gasteiger partial charge in [0.2, 0.25) is 5.71 Å². The molecule has 1 radical (unpaired) electrons. The van der Waals surface area contributed by atoms with E-state index in [4.69, 9.17) is 19.5 Å². The second-order valence-corrected chi connectivity index (χ2v) is 19.8. The molecule has 0 saturated carbocycles. The molecule has 3 aromatic carbocycles. The van der Waals surface area contributed by atoms with Gasteiger partial charge in [0, 0.05) is 58.5 Å². The molecule has 269 valence electrons. The molecule has 0 atom stereocenters. The molecule has 0 amide bonds. The van der Waals surface area contributed by atoms with Gasteiger partial charge in [0.05, 0.1) is 19.4 Å². The number of aryl methyl sites for hydroxylation is 1. The standard InChI is InChI=1S/C27H23N2O.C19H26NSi.Ir/c1-17-10-11-20(23-16-19(14-15-28-23)27(2,3)4)25-24(17)21-12-13-22(29-26(21)30-25)18-8-6-5-7-9-18;1-19(2,3)13-16-12-17(15-10-8-7-9-11-15)20-14-18(16)21(4,5)6;/h5-10,12-16H,1-4H3;7-10,12,14H,13H2,1-6H3;/q2*-1;/i2D3,3D3,4D3;13D2;. The molecule has 4 aromatic heterocycles. The van der Waals surface area contributed by atoms with Crippen LogP contribution in [-0.4, -0.2) is 23.0 Å². The molecule has 4 heterocycles. The van der Waals surface area contributed by atoms with E-state index in [1.165, 1.54) is 12.3 Å². The maximum absolute atomic E-state index is 8.75. The molecule has 52 heavy (non-hydrogen) atoms. The molecular weight excluding hydrogens is 831 g/mol. The molecular formula is C46H49IrN3OSi-2. The van der Waals surface area contributed by atoms with E-state index < -0.39 is 51.4 Å². The van der Waals surface area contributed by atoms with Crippen LogP contribution in [0.25, 0.3) is 55.8 Å². The largest absolute Gasteiger partial charge is 0.486 e. The van der Waals surface area contributed by atoms with Crippen molar-refractivity contribution in [1.29, 1.82) is 0 Å². The predicted octanol–water partition coefficient (Wildman–Crippen LogP) is 11.8. The molecule has 7 aromatic rings. The summed E-state index contributed by atoms with van der Waals surface area (Å²) in [5, 5.41) is 2.58. The first kappa shape index (κ1) is 26.5. The molecule has 0 aliphatic carbocycles. The molecule has 4 nitrogen and oxygen atoms in total. The van der Waals surface area contributed by atoms with Gasteiger partial charge in [0.15, 0.2) is 0 Å². The van der Waals surface area contributed by atoms with Gasteiger partial charge >= 0.3 is 0 Å². The molecule has 0 aliphatic heterocycles. The SMILES string of the molecule is [2H]C([2H])([2H])C(c1ccnc(-c2[c-]cc(C)c3c2oc2nc(-c4ccccc4)ccc23)c1)(C([2H])([2H])[2H])C([2H])([2H])[2H].[2H]C([2H])(c1cc(-c2[c-]cccc2)ncc1[Si](C)(C)C)C(C)(C)C.[Ir]. The van der Waals surface area contributed by atoms with Crippen LogP contribution in [-0.2, 0) is 31.9 Å². The molecule has 0 saturated heterocycles. The average Bonchev–Trinajstić information content (AvgIpc) is 3.56. The molecule has 6 heteroatoms. The fraction of sp³-hybridized carbons (Fsp3) is 0.283. The Balaban J connectivity index is 0.000000267. The Morgan fingerprint density at radius 1 is 0.846 bits per heavy atom. The number of pyridine rings is 3. The first-order chi connectivity index (χ1) is 28.6. The number of nitrogens with zero attached hydrogens (tertiary/aromatic N) is 3. The summed E-state index contributed by atoms with van der Waals surface area (Å²) in [5.74, 6) is 0. The molecule has 0 spiro atoms. The van der Waals surface area contributed by atoms with E-state index in [1.807, 2.05) is 107 Å². The van der Waals surface area contributed by atoms with Gasteiger partial charge in [-0.25, -0.2) is 4.98 Å². The summed E-state index contributed by atoms with van der Waals surface area (Å²) in [5.41, 5.74) is 2.11. The van der Waals surface area contributed by atoms with Gasteiger partial charge < -0.3 is 14.4 Å². The van der Waals surface area contributed by atoms with Gasteiger partial charge in [-0.15, -0.1) is 53.6 Å². The number of furan rings is 1. The Morgan fingerprint density at radius 3 is 2.27 bits per heavy atom. The number of hydrogen-bond acceptors (Lipinski definition) is 4. The van der Waals surface area contributed by atoms with Gasteiger partial charge in [-0.1, -0.05) is 127 Å². The third-order valence-electron chi connectivity index (χ3n) is 8.34. The van der Waals surface area contributed by atoms with Crippen molar-refractivity contribution in [3.63, 3.8) is 0 Å². The quantitative estimate of drug-likeness (QED) is 0.128. The maximum atomic E-state index is 8.75. The van der Waals surface area contributed by atoms with Crippen LogP contribution in [0.5, 0.6) is 0 Å². The van der Waals surface area contributed by atoms with Gasteiger partial charge in [0.1, 0.15) is 0 Å².